The molecule has 1 aromatic rings. The van der Waals surface area contributed by atoms with Crippen molar-refractivity contribution in [1.82, 2.24) is 4.98 Å². The van der Waals surface area contributed by atoms with E-state index in [1.54, 1.807) is 28.7 Å². The Bertz CT molecular complexity index is 483. The van der Waals surface area contributed by atoms with Gasteiger partial charge in [0.15, 0.2) is 0 Å². The molecule has 0 saturated carbocycles. The summed E-state index contributed by atoms with van der Waals surface area (Å²) in [6.07, 6.45) is -8.78. The van der Waals surface area contributed by atoms with Gasteiger partial charge in [0.2, 0.25) is 5.88 Å². The van der Waals surface area contributed by atoms with Crippen LogP contribution < -0.4 is 4.74 Å². The van der Waals surface area contributed by atoms with E-state index in [-0.39, 0.29) is 9.26 Å². The van der Waals surface area contributed by atoms with Gasteiger partial charge in [-0.3, -0.25) is 0 Å². The van der Waals surface area contributed by atoms with Gasteiger partial charge in [0.1, 0.15) is 3.70 Å². The molecule has 0 atom stereocenters. The second kappa shape index (κ2) is 5.64. The van der Waals surface area contributed by atoms with E-state index in [0.29, 0.717) is 0 Å². The summed E-state index contributed by atoms with van der Waals surface area (Å²) in [5.74, 6) is -1.21. The summed E-state index contributed by atoms with van der Waals surface area (Å²) in [6.45, 7) is 0. The first kappa shape index (κ1) is 14.9. The molecule has 1 aromatic heterocycles. The van der Waals surface area contributed by atoms with E-state index in [2.05, 4.69) is 9.72 Å². The Morgan fingerprint density at radius 2 is 2.06 bits per heavy atom. The third-order valence-corrected chi connectivity index (χ3v) is 2.33. The zero-order chi connectivity index (χ0) is 13.9. The van der Waals surface area contributed by atoms with Crippen LogP contribution in [0.3, 0.4) is 0 Å². The molecule has 0 amide bonds. The molecule has 0 N–H and O–H groups in total. The van der Waals surface area contributed by atoms with Crippen LogP contribution in [-0.4, -0.2) is 11.3 Å². The van der Waals surface area contributed by atoms with Crippen molar-refractivity contribution in [1.29, 1.82) is 5.26 Å². The van der Waals surface area contributed by atoms with Gasteiger partial charge in [-0.05, 0) is 34.2 Å². The van der Waals surface area contributed by atoms with Gasteiger partial charge in [-0.1, -0.05) is 0 Å². The third-order valence-electron chi connectivity index (χ3n) is 1.78. The number of hydrogen-bond acceptors (Lipinski definition) is 3. The van der Waals surface area contributed by atoms with Crippen molar-refractivity contribution in [3.05, 3.63) is 20.9 Å². The van der Waals surface area contributed by atoms with E-state index in [1.165, 1.54) is 0 Å². The number of aromatic nitrogens is 1. The minimum Gasteiger partial charge on any atom is -0.387 e. The molecule has 18 heavy (non-hydrogen) atoms. The van der Waals surface area contributed by atoms with Crippen LogP contribution in [0.4, 0.5) is 22.0 Å². The van der Waals surface area contributed by atoms with Gasteiger partial charge >= 0.3 is 6.36 Å². The maximum absolute atomic E-state index is 12.7. The first-order valence-corrected chi connectivity index (χ1v) is 5.42. The Kier molecular flexibility index (Phi) is 4.66. The topological polar surface area (TPSA) is 45.9 Å². The number of alkyl halides is 5. The van der Waals surface area contributed by atoms with Crippen LogP contribution in [0.5, 0.6) is 5.88 Å². The molecule has 0 saturated heterocycles. The Hall–Kier alpha value is -1.18. The molecule has 0 spiro atoms. The summed E-state index contributed by atoms with van der Waals surface area (Å²) in [5.41, 5.74) is -1.24. The lowest BCUT2D eigenvalue weighted by Crippen LogP contribution is -2.20. The predicted octanol–water partition coefficient (Wildman–Crippen LogP) is 3.59. The number of pyridine rings is 1. The molecule has 0 bridgehead atoms. The molecule has 0 aliphatic carbocycles. The normalized spacial score (nSPS) is 11.4. The highest BCUT2D eigenvalue weighted by atomic mass is 127. The van der Waals surface area contributed by atoms with E-state index < -0.39 is 30.7 Å². The maximum Gasteiger partial charge on any atom is 0.574 e. The summed E-state index contributed by atoms with van der Waals surface area (Å²) in [5, 5.41) is 8.46. The van der Waals surface area contributed by atoms with E-state index in [1.807, 2.05) is 0 Å². The fourth-order valence-electron chi connectivity index (χ4n) is 1.20. The second-order valence-corrected chi connectivity index (χ2v) is 4.11. The Balaban J connectivity index is 3.35. The van der Waals surface area contributed by atoms with Crippen molar-refractivity contribution in [2.24, 2.45) is 0 Å². The smallest absolute Gasteiger partial charge is 0.387 e. The molecule has 3 nitrogen and oxygen atoms in total. The first-order valence-electron chi connectivity index (χ1n) is 4.34. The van der Waals surface area contributed by atoms with Crippen molar-refractivity contribution < 1.29 is 26.7 Å². The van der Waals surface area contributed by atoms with Crippen LogP contribution >= 0.6 is 22.6 Å². The van der Waals surface area contributed by atoms with Crippen LogP contribution in [0.2, 0.25) is 0 Å². The van der Waals surface area contributed by atoms with Crippen molar-refractivity contribution in [3.8, 4) is 11.9 Å². The minimum atomic E-state index is -5.12. The molecule has 0 fully saturated rings. The Morgan fingerprint density at radius 1 is 1.44 bits per heavy atom. The Morgan fingerprint density at radius 3 is 2.50 bits per heavy atom. The van der Waals surface area contributed by atoms with Crippen LogP contribution in [0.15, 0.2) is 6.07 Å². The monoisotopic (exact) mass is 378 g/mol. The highest BCUT2D eigenvalue weighted by Crippen LogP contribution is 2.35. The average Bonchev–Trinajstić information content (AvgIpc) is 2.13. The molecule has 0 aliphatic rings. The third kappa shape index (κ3) is 3.94. The zero-order valence-corrected chi connectivity index (χ0v) is 10.6. The molecule has 1 heterocycles. The molecule has 1 rings (SSSR count). The van der Waals surface area contributed by atoms with Gasteiger partial charge < -0.3 is 4.74 Å². The fraction of sp³-hybridized carbons (Fsp3) is 0.333. The quantitative estimate of drug-likeness (QED) is 0.459. The fourth-order valence-corrected chi connectivity index (χ4v) is 1.80. The first-order chi connectivity index (χ1) is 8.24. The lowest BCUT2D eigenvalue weighted by molar-refractivity contribution is -0.276. The van der Waals surface area contributed by atoms with E-state index in [4.69, 9.17) is 5.26 Å². The van der Waals surface area contributed by atoms with E-state index in [9.17, 15) is 22.0 Å². The number of hydrogen-bond donors (Lipinski definition) is 0. The molecular weight excluding hydrogens is 374 g/mol. The second-order valence-electron chi connectivity index (χ2n) is 3.01. The number of nitrogens with zero attached hydrogens (tertiary/aromatic N) is 2. The summed E-state index contributed by atoms with van der Waals surface area (Å²) in [4.78, 5) is 3.28. The standard InChI is InChI=1S/C9H4F5IN2O/c10-7(11)6-4(1-2-16)3-5(15)17-8(6)18-9(12,13)14/h3,7H,1H2. The molecular formula is C9H4F5IN2O. The van der Waals surface area contributed by atoms with Crippen LogP contribution in [0.1, 0.15) is 17.6 Å². The summed E-state index contributed by atoms with van der Waals surface area (Å²) in [6, 6.07) is 2.71. The molecule has 9 heteroatoms. The summed E-state index contributed by atoms with van der Waals surface area (Å²) in [7, 11) is 0. The summed E-state index contributed by atoms with van der Waals surface area (Å²) >= 11 is 1.55. The largest absolute Gasteiger partial charge is 0.574 e. The molecule has 0 aromatic carbocycles. The Labute approximate surface area is 112 Å². The van der Waals surface area contributed by atoms with Crippen LogP contribution in [0, 0.1) is 15.0 Å². The SMILES string of the molecule is N#CCc1cc(I)nc(OC(F)(F)F)c1C(F)F. The number of nitriles is 1. The maximum atomic E-state index is 12.7. The number of rotatable bonds is 3. The lowest BCUT2D eigenvalue weighted by atomic mass is 10.1. The number of ether oxygens (including phenoxy) is 1. The van der Waals surface area contributed by atoms with Gasteiger partial charge in [0.05, 0.1) is 18.1 Å². The van der Waals surface area contributed by atoms with E-state index in [0.717, 1.165) is 6.07 Å². The molecule has 0 aliphatic heterocycles. The van der Waals surface area contributed by atoms with Gasteiger partial charge in [-0.2, -0.15) is 5.26 Å². The lowest BCUT2D eigenvalue weighted by Gasteiger charge is -2.14. The van der Waals surface area contributed by atoms with Crippen molar-refractivity contribution in [2.45, 2.75) is 19.2 Å². The van der Waals surface area contributed by atoms with Gasteiger partial charge in [0, 0.05) is 0 Å². The van der Waals surface area contributed by atoms with Crippen LogP contribution in [-0.2, 0) is 6.42 Å². The highest BCUT2D eigenvalue weighted by molar-refractivity contribution is 14.1. The molecule has 0 unspecified atom stereocenters. The molecule has 0 radical (unpaired) electrons. The van der Waals surface area contributed by atoms with Gasteiger partial charge in [-0.25, -0.2) is 13.8 Å². The average molecular weight is 378 g/mol. The van der Waals surface area contributed by atoms with Crippen molar-refractivity contribution in [3.63, 3.8) is 0 Å². The van der Waals surface area contributed by atoms with Crippen molar-refractivity contribution >= 4 is 22.6 Å². The molecule has 98 valence electrons. The number of halogens is 6. The van der Waals surface area contributed by atoms with Crippen LogP contribution in [0.25, 0.3) is 0 Å². The summed E-state index contributed by atoms with van der Waals surface area (Å²) < 4.78 is 65.1. The highest BCUT2D eigenvalue weighted by Gasteiger charge is 2.35. The predicted molar refractivity (Wildman–Crippen MR) is 57.9 cm³/mol. The minimum absolute atomic E-state index is 0.0292. The van der Waals surface area contributed by atoms with Gasteiger partial charge in [0.25, 0.3) is 6.43 Å². The van der Waals surface area contributed by atoms with Gasteiger partial charge in [-0.15, -0.1) is 13.2 Å². The van der Waals surface area contributed by atoms with Crippen molar-refractivity contribution in [2.75, 3.05) is 0 Å². The zero-order valence-electron chi connectivity index (χ0n) is 8.43. The van der Waals surface area contributed by atoms with E-state index >= 15 is 0 Å².